The fourth-order valence-corrected chi connectivity index (χ4v) is 5.17. The van der Waals surface area contributed by atoms with Gasteiger partial charge in [-0.3, -0.25) is 13.8 Å². The molecule has 0 aromatic heterocycles. The lowest BCUT2D eigenvalue weighted by molar-refractivity contribution is -0.140. The number of hydrogen-bond donors (Lipinski definition) is 1. The van der Waals surface area contributed by atoms with Crippen LogP contribution >= 0.6 is 11.8 Å². The maximum Gasteiger partial charge on any atom is 0.305 e. The number of ether oxygens (including phenoxy) is 1. The van der Waals surface area contributed by atoms with Gasteiger partial charge in [0.1, 0.15) is 6.10 Å². The summed E-state index contributed by atoms with van der Waals surface area (Å²) < 4.78 is 33.3. The van der Waals surface area contributed by atoms with Crippen LogP contribution in [0, 0.1) is 0 Å². The van der Waals surface area contributed by atoms with E-state index in [1.807, 2.05) is 6.07 Å². The highest BCUT2D eigenvalue weighted by atomic mass is 32.2. The van der Waals surface area contributed by atoms with Crippen molar-refractivity contribution in [3.05, 3.63) is 35.9 Å². The van der Waals surface area contributed by atoms with Gasteiger partial charge in [-0.15, -0.1) is 0 Å². The van der Waals surface area contributed by atoms with Gasteiger partial charge in [0.05, 0.1) is 19.4 Å². The Labute approximate surface area is 164 Å². The predicted molar refractivity (Wildman–Crippen MR) is 104 cm³/mol. The summed E-state index contributed by atoms with van der Waals surface area (Å²) in [5.74, 6) is 0.0566. The maximum atomic E-state index is 12.4. The molecule has 1 aliphatic heterocycles. The zero-order valence-corrected chi connectivity index (χ0v) is 17.1. The standard InChI is InChI=1S/C18H25NO6S2/c1-24-16(20)11-7-6-10-15-17(25-27(2,22)23)14(12-26-15)19-18(21)13-8-4-3-5-9-13/h3-5,8-9,14-15,17H,6-7,10-12H2,1-2H3,(H,19,21)/t14-,15+,17+/m1/s1. The van der Waals surface area contributed by atoms with E-state index >= 15 is 0 Å². The summed E-state index contributed by atoms with van der Waals surface area (Å²) in [6, 6.07) is 8.37. The topological polar surface area (TPSA) is 98.8 Å². The number of rotatable bonds is 9. The van der Waals surface area contributed by atoms with Crippen LogP contribution in [0.1, 0.15) is 36.0 Å². The minimum atomic E-state index is -3.66. The zero-order valence-electron chi connectivity index (χ0n) is 15.4. The summed E-state index contributed by atoms with van der Waals surface area (Å²) in [7, 11) is -2.31. The molecule has 1 saturated heterocycles. The van der Waals surface area contributed by atoms with Crippen LogP contribution < -0.4 is 5.32 Å². The highest BCUT2D eigenvalue weighted by Crippen LogP contribution is 2.34. The number of benzene rings is 1. The fourth-order valence-electron chi connectivity index (χ4n) is 2.94. The Kier molecular flexibility index (Phi) is 8.12. The van der Waals surface area contributed by atoms with Crippen LogP contribution in [0.2, 0.25) is 0 Å². The summed E-state index contributed by atoms with van der Waals surface area (Å²) in [6.07, 6.45) is 2.82. The minimum Gasteiger partial charge on any atom is -0.469 e. The van der Waals surface area contributed by atoms with Gasteiger partial charge in [-0.2, -0.15) is 20.2 Å². The van der Waals surface area contributed by atoms with Crippen LogP contribution in [-0.4, -0.2) is 56.8 Å². The molecule has 27 heavy (non-hydrogen) atoms. The maximum absolute atomic E-state index is 12.4. The van der Waals surface area contributed by atoms with Crippen molar-refractivity contribution in [3.8, 4) is 0 Å². The second-order valence-electron chi connectivity index (χ2n) is 6.40. The number of esters is 1. The molecule has 1 aromatic rings. The highest BCUT2D eigenvalue weighted by Gasteiger charge is 2.40. The Morgan fingerprint density at radius 2 is 1.93 bits per heavy atom. The van der Waals surface area contributed by atoms with Crippen LogP contribution in [0.3, 0.4) is 0 Å². The molecule has 1 fully saturated rings. The van der Waals surface area contributed by atoms with Crippen LogP contribution in [0.5, 0.6) is 0 Å². The molecule has 1 aromatic carbocycles. The van der Waals surface area contributed by atoms with E-state index in [2.05, 4.69) is 10.1 Å². The summed E-state index contributed by atoms with van der Waals surface area (Å²) >= 11 is 1.58. The van der Waals surface area contributed by atoms with Gasteiger partial charge in [-0.1, -0.05) is 24.6 Å². The number of amides is 1. The van der Waals surface area contributed by atoms with Crippen LogP contribution in [0.25, 0.3) is 0 Å². The van der Waals surface area contributed by atoms with E-state index in [1.165, 1.54) is 7.11 Å². The molecule has 0 aliphatic carbocycles. The number of methoxy groups -OCH3 is 1. The van der Waals surface area contributed by atoms with E-state index in [0.717, 1.165) is 12.7 Å². The van der Waals surface area contributed by atoms with Gasteiger partial charge in [0.2, 0.25) is 0 Å². The number of carbonyl (C=O) groups excluding carboxylic acids is 2. The van der Waals surface area contributed by atoms with E-state index in [-0.39, 0.29) is 17.1 Å². The van der Waals surface area contributed by atoms with Crippen molar-refractivity contribution in [1.29, 1.82) is 0 Å². The molecule has 9 heteroatoms. The molecule has 0 radical (unpaired) electrons. The van der Waals surface area contributed by atoms with Gasteiger partial charge in [0.15, 0.2) is 0 Å². The molecule has 1 heterocycles. The molecule has 0 saturated carbocycles. The molecule has 150 valence electrons. The molecule has 7 nitrogen and oxygen atoms in total. The third-order valence-electron chi connectivity index (χ3n) is 4.24. The van der Waals surface area contributed by atoms with Gasteiger partial charge >= 0.3 is 5.97 Å². The second-order valence-corrected chi connectivity index (χ2v) is 9.28. The molecule has 0 unspecified atom stereocenters. The third kappa shape index (κ3) is 7.15. The Hall–Kier alpha value is -1.58. The first kappa shape index (κ1) is 21.7. The quantitative estimate of drug-likeness (QED) is 0.374. The Morgan fingerprint density at radius 3 is 2.56 bits per heavy atom. The van der Waals surface area contributed by atoms with E-state index in [0.29, 0.717) is 30.6 Å². The largest absolute Gasteiger partial charge is 0.469 e. The average Bonchev–Trinajstić information content (AvgIpc) is 2.99. The van der Waals surface area contributed by atoms with Crippen LogP contribution in [0.4, 0.5) is 0 Å². The summed E-state index contributed by atoms with van der Waals surface area (Å²) in [4.78, 5) is 23.6. The number of nitrogens with one attached hydrogen (secondary N) is 1. The SMILES string of the molecule is COC(=O)CCCC[C@@H]1SC[C@@H](NC(=O)c2ccccc2)[C@@H]1OS(C)(=O)=O. The number of unbranched alkanes of at least 4 members (excludes halogenated alkanes) is 1. The van der Waals surface area contributed by atoms with Crippen molar-refractivity contribution in [3.63, 3.8) is 0 Å². The van der Waals surface area contributed by atoms with Gasteiger partial charge < -0.3 is 10.1 Å². The first-order chi connectivity index (χ1) is 12.8. The third-order valence-corrected chi connectivity index (χ3v) is 6.29. The average molecular weight is 416 g/mol. The number of thioether (sulfide) groups is 1. The summed E-state index contributed by atoms with van der Waals surface area (Å²) in [5.41, 5.74) is 0.516. The Balaban J connectivity index is 1.97. The Bertz CT molecular complexity index is 737. The van der Waals surface area contributed by atoms with Gasteiger partial charge in [0.25, 0.3) is 16.0 Å². The number of hydrogen-bond acceptors (Lipinski definition) is 7. The highest BCUT2D eigenvalue weighted by molar-refractivity contribution is 8.00. The molecule has 1 N–H and O–H groups in total. The molecule has 0 spiro atoms. The molecular formula is C18H25NO6S2. The normalized spacial score (nSPS) is 22.4. The van der Waals surface area contributed by atoms with Gasteiger partial charge in [-0.25, -0.2) is 0 Å². The smallest absolute Gasteiger partial charge is 0.305 e. The number of carbonyl (C=O) groups is 2. The van der Waals surface area contributed by atoms with Gasteiger partial charge in [-0.05, 0) is 25.0 Å². The monoisotopic (exact) mass is 415 g/mol. The van der Waals surface area contributed by atoms with Gasteiger partial charge in [0, 0.05) is 23.0 Å². The molecule has 1 amide bonds. The first-order valence-electron chi connectivity index (χ1n) is 8.73. The summed E-state index contributed by atoms with van der Waals surface area (Å²) in [6.45, 7) is 0. The van der Waals surface area contributed by atoms with Crippen LogP contribution in [-0.2, 0) is 23.8 Å². The van der Waals surface area contributed by atoms with E-state index in [1.54, 1.807) is 36.0 Å². The molecule has 2 rings (SSSR count). The van der Waals surface area contributed by atoms with Crippen molar-refractivity contribution < 1.29 is 26.9 Å². The summed E-state index contributed by atoms with van der Waals surface area (Å²) in [5, 5.41) is 2.82. The fraction of sp³-hybridized carbons (Fsp3) is 0.556. The van der Waals surface area contributed by atoms with Crippen molar-refractivity contribution in [1.82, 2.24) is 5.32 Å². The Morgan fingerprint density at radius 1 is 1.22 bits per heavy atom. The van der Waals surface area contributed by atoms with Crippen molar-refractivity contribution in [2.75, 3.05) is 19.1 Å². The van der Waals surface area contributed by atoms with Crippen LogP contribution in [0.15, 0.2) is 30.3 Å². The molecule has 3 atom stereocenters. The van der Waals surface area contributed by atoms with Crippen molar-refractivity contribution in [2.24, 2.45) is 0 Å². The van der Waals surface area contributed by atoms with Crippen molar-refractivity contribution >= 4 is 33.8 Å². The molecular weight excluding hydrogens is 390 g/mol. The lowest BCUT2D eigenvalue weighted by Crippen LogP contribution is -2.46. The lowest BCUT2D eigenvalue weighted by atomic mass is 10.0. The zero-order chi connectivity index (χ0) is 19.9. The van der Waals surface area contributed by atoms with E-state index < -0.39 is 22.3 Å². The predicted octanol–water partition coefficient (Wildman–Crippen LogP) is 1.98. The second kappa shape index (κ2) is 10.1. The van der Waals surface area contributed by atoms with E-state index in [4.69, 9.17) is 4.18 Å². The van der Waals surface area contributed by atoms with Crippen molar-refractivity contribution in [2.45, 2.75) is 43.1 Å². The molecule has 1 aliphatic rings. The minimum absolute atomic E-state index is 0.0709. The lowest BCUT2D eigenvalue weighted by Gasteiger charge is -2.24. The molecule has 0 bridgehead atoms. The van der Waals surface area contributed by atoms with E-state index in [9.17, 15) is 18.0 Å². The first-order valence-corrected chi connectivity index (χ1v) is 11.6.